The second-order valence-electron chi connectivity index (χ2n) is 13.2. The molecule has 5 aromatic rings. The van der Waals surface area contributed by atoms with E-state index < -0.39 is 43.7 Å². The molecule has 0 aliphatic carbocycles. The number of oxazole rings is 1. The Morgan fingerprint density at radius 2 is 1.90 bits per heavy atom. The summed E-state index contributed by atoms with van der Waals surface area (Å²) < 4.78 is 69.0. The van der Waals surface area contributed by atoms with Gasteiger partial charge in [0.05, 0.1) is 32.3 Å². The van der Waals surface area contributed by atoms with Crippen molar-refractivity contribution in [2.75, 3.05) is 31.6 Å². The molecule has 2 aromatic heterocycles. The van der Waals surface area contributed by atoms with Crippen LogP contribution < -0.4 is 19.5 Å². The van der Waals surface area contributed by atoms with Gasteiger partial charge in [0.2, 0.25) is 0 Å². The van der Waals surface area contributed by atoms with Crippen molar-refractivity contribution < 1.29 is 36.2 Å². The number of fused-ring (bicyclic) bond motifs is 1. The predicted octanol–water partition coefficient (Wildman–Crippen LogP) is 6.94. The first-order valence-corrected chi connectivity index (χ1v) is 18.6. The average Bonchev–Trinajstić information content (AvgIpc) is 3.87. The van der Waals surface area contributed by atoms with Crippen LogP contribution in [0.2, 0.25) is 0 Å². The van der Waals surface area contributed by atoms with E-state index in [2.05, 4.69) is 4.98 Å². The lowest BCUT2D eigenvalue weighted by Gasteiger charge is -2.25. The van der Waals surface area contributed by atoms with E-state index in [0.717, 1.165) is 32.8 Å². The number of sulfonamides is 1. The maximum Gasteiger partial charge on any atom is 0.420 e. The Hall–Kier alpha value is -4.89. The summed E-state index contributed by atoms with van der Waals surface area (Å²) >= 11 is 1.07. The summed E-state index contributed by atoms with van der Waals surface area (Å²) in [4.78, 5) is 31.4. The standard InChI is InChI=1S/C36H39FN4O8S2/c1-22(26-9-7-8-10-27(26)23-15-17-39(20-23)34(42)49-36(2,3)4)41-28-13-14-30(31(37)32(28)48-35(41)43)51(44,45)40(33-38-16-18-50-33)21-24-11-12-25(46-5)19-29(24)47-6/h7-14,16,18-19,22-23H,15,17,20-21H2,1-6H3. The fourth-order valence-corrected chi connectivity index (χ4v) is 8.70. The van der Waals surface area contributed by atoms with E-state index in [1.54, 1.807) is 35.4 Å². The molecule has 2 unspecified atom stereocenters. The summed E-state index contributed by atoms with van der Waals surface area (Å²) in [6.07, 6.45) is 1.76. The van der Waals surface area contributed by atoms with Crippen LogP contribution in [0.3, 0.4) is 0 Å². The Labute approximate surface area is 299 Å². The zero-order chi connectivity index (χ0) is 36.7. The highest BCUT2D eigenvalue weighted by atomic mass is 32.2. The number of likely N-dealkylation sites (tertiary alicyclic amines) is 1. The monoisotopic (exact) mass is 738 g/mol. The summed E-state index contributed by atoms with van der Waals surface area (Å²) in [7, 11) is -1.64. The van der Waals surface area contributed by atoms with E-state index in [4.69, 9.17) is 18.6 Å². The molecular formula is C36H39FN4O8S2. The third kappa shape index (κ3) is 7.04. The van der Waals surface area contributed by atoms with Gasteiger partial charge in [-0.3, -0.25) is 4.57 Å². The molecule has 0 radical (unpaired) electrons. The van der Waals surface area contributed by atoms with Gasteiger partial charge in [-0.1, -0.05) is 24.3 Å². The Bertz CT molecular complexity index is 2230. The minimum absolute atomic E-state index is 0.0281. The summed E-state index contributed by atoms with van der Waals surface area (Å²) in [6.45, 7) is 7.98. The number of amides is 1. The molecule has 51 heavy (non-hydrogen) atoms. The van der Waals surface area contributed by atoms with Gasteiger partial charge in [0.25, 0.3) is 10.0 Å². The van der Waals surface area contributed by atoms with Crippen molar-refractivity contribution in [3.8, 4) is 11.5 Å². The molecule has 15 heteroatoms. The maximum atomic E-state index is 16.4. The largest absolute Gasteiger partial charge is 0.497 e. The zero-order valence-corrected chi connectivity index (χ0v) is 30.7. The van der Waals surface area contributed by atoms with Crippen molar-refractivity contribution in [3.63, 3.8) is 0 Å². The number of rotatable bonds is 10. The van der Waals surface area contributed by atoms with E-state index in [1.807, 2.05) is 45.0 Å². The zero-order valence-electron chi connectivity index (χ0n) is 29.1. The number of aromatic nitrogens is 2. The van der Waals surface area contributed by atoms with E-state index in [1.165, 1.54) is 31.0 Å². The number of carbonyl (C=O) groups excluding carboxylic acids is 1. The fraction of sp³-hybridized carbons (Fsp3) is 0.361. The molecule has 3 heterocycles. The number of nitrogens with zero attached hydrogens (tertiary/aromatic N) is 4. The molecule has 1 aliphatic rings. The van der Waals surface area contributed by atoms with Crippen molar-refractivity contribution in [3.05, 3.63) is 99.2 Å². The normalized spacial score (nSPS) is 15.6. The predicted molar refractivity (Wildman–Crippen MR) is 191 cm³/mol. The van der Waals surface area contributed by atoms with Crippen LogP contribution in [0.4, 0.5) is 14.3 Å². The molecule has 6 rings (SSSR count). The van der Waals surface area contributed by atoms with E-state index in [0.29, 0.717) is 36.6 Å². The van der Waals surface area contributed by atoms with Crippen LogP contribution in [0.1, 0.15) is 62.8 Å². The summed E-state index contributed by atoms with van der Waals surface area (Å²) in [6, 6.07) is 14.4. The second kappa shape index (κ2) is 14.0. The van der Waals surface area contributed by atoms with Crippen molar-refractivity contribution in [2.24, 2.45) is 0 Å². The van der Waals surface area contributed by atoms with Gasteiger partial charge in [0.1, 0.15) is 22.0 Å². The summed E-state index contributed by atoms with van der Waals surface area (Å²) in [5.74, 6) is -1.19. The molecule has 0 bridgehead atoms. The van der Waals surface area contributed by atoms with Gasteiger partial charge in [-0.2, -0.15) is 0 Å². The van der Waals surface area contributed by atoms with Gasteiger partial charge in [-0.15, -0.1) is 11.3 Å². The third-order valence-corrected chi connectivity index (χ3v) is 11.5. The van der Waals surface area contributed by atoms with Gasteiger partial charge < -0.3 is 23.5 Å². The molecule has 1 amide bonds. The van der Waals surface area contributed by atoms with Crippen LogP contribution in [0.25, 0.3) is 11.1 Å². The van der Waals surface area contributed by atoms with Crippen molar-refractivity contribution in [1.29, 1.82) is 0 Å². The van der Waals surface area contributed by atoms with Crippen molar-refractivity contribution in [1.82, 2.24) is 14.5 Å². The van der Waals surface area contributed by atoms with E-state index in [9.17, 15) is 18.0 Å². The molecule has 1 aliphatic heterocycles. The van der Waals surface area contributed by atoms with Crippen LogP contribution >= 0.6 is 11.3 Å². The Morgan fingerprint density at radius 3 is 2.59 bits per heavy atom. The topological polar surface area (TPSA) is 133 Å². The van der Waals surface area contributed by atoms with Gasteiger partial charge >= 0.3 is 11.8 Å². The minimum atomic E-state index is -4.60. The SMILES string of the molecule is COc1ccc(CN(c2nccs2)S(=O)(=O)c2ccc3c(oc(=O)n3C(C)c3ccccc3C3CCN(C(=O)OC(C)(C)C)C3)c2F)c(OC)c1. The highest BCUT2D eigenvalue weighted by Crippen LogP contribution is 2.37. The number of hydrogen-bond acceptors (Lipinski definition) is 10. The number of ether oxygens (including phenoxy) is 3. The first-order valence-electron chi connectivity index (χ1n) is 16.3. The molecule has 2 atom stereocenters. The average molecular weight is 739 g/mol. The van der Waals surface area contributed by atoms with Crippen LogP contribution in [0, 0.1) is 5.82 Å². The fourth-order valence-electron chi connectivity index (χ4n) is 6.37. The lowest BCUT2D eigenvalue weighted by molar-refractivity contribution is 0.0292. The van der Waals surface area contributed by atoms with Gasteiger partial charge in [0.15, 0.2) is 16.5 Å². The van der Waals surface area contributed by atoms with Gasteiger partial charge in [0, 0.05) is 42.2 Å². The maximum absolute atomic E-state index is 16.4. The molecule has 0 saturated carbocycles. The lowest BCUT2D eigenvalue weighted by Crippen LogP contribution is -2.35. The smallest absolute Gasteiger partial charge is 0.420 e. The number of halogens is 1. The van der Waals surface area contributed by atoms with E-state index >= 15 is 4.39 Å². The number of thiazole rings is 1. The Morgan fingerprint density at radius 1 is 1.14 bits per heavy atom. The van der Waals surface area contributed by atoms with Crippen molar-refractivity contribution in [2.45, 2.75) is 63.1 Å². The molecule has 1 saturated heterocycles. The third-order valence-electron chi connectivity index (χ3n) is 8.81. The molecule has 3 aromatic carbocycles. The number of benzene rings is 3. The number of anilines is 1. The Balaban J connectivity index is 1.35. The van der Waals surface area contributed by atoms with E-state index in [-0.39, 0.29) is 29.2 Å². The highest BCUT2D eigenvalue weighted by molar-refractivity contribution is 7.93. The summed E-state index contributed by atoms with van der Waals surface area (Å²) in [5, 5.41) is 1.72. The second-order valence-corrected chi connectivity index (χ2v) is 15.9. The van der Waals surface area contributed by atoms with Crippen LogP contribution in [-0.4, -0.2) is 61.9 Å². The number of methoxy groups -OCH3 is 2. The number of hydrogen-bond donors (Lipinski definition) is 0. The highest BCUT2D eigenvalue weighted by Gasteiger charge is 2.35. The molecule has 0 spiro atoms. The molecule has 0 N–H and O–H groups in total. The first-order chi connectivity index (χ1) is 24.2. The quantitative estimate of drug-likeness (QED) is 0.150. The van der Waals surface area contributed by atoms with Crippen LogP contribution in [-0.2, 0) is 21.3 Å². The molecule has 1 fully saturated rings. The van der Waals surface area contributed by atoms with Gasteiger partial charge in [-0.25, -0.2) is 31.7 Å². The van der Waals surface area contributed by atoms with Crippen LogP contribution in [0.5, 0.6) is 11.5 Å². The summed E-state index contributed by atoms with van der Waals surface area (Å²) in [5.41, 5.74) is 1.20. The van der Waals surface area contributed by atoms with Gasteiger partial charge in [-0.05, 0) is 69.5 Å². The molecule has 12 nitrogen and oxygen atoms in total. The lowest BCUT2D eigenvalue weighted by atomic mass is 9.90. The molecule has 270 valence electrons. The minimum Gasteiger partial charge on any atom is -0.497 e. The Kier molecular flexibility index (Phi) is 9.88. The van der Waals surface area contributed by atoms with Crippen molar-refractivity contribution >= 4 is 43.7 Å². The first kappa shape index (κ1) is 35.9. The molecular weight excluding hydrogens is 700 g/mol. The van der Waals surface area contributed by atoms with Crippen LogP contribution in [0.15, 0.2) is 80.3 Å². The number of carbonyl (C=O) groups is 1.